The largest absolute Gasteiger partial charge is 0.368 e. The normalized spacial score (nSPS) is 11.2. The van der Waals surface area contributed by atoms with Crippen molar-refractivity contribution in [2.45, 2.75) is 6.54 Å². The van der Waals surface area contributed by atoms with E-state index in [1.165, 1.54) is 0 Å². The quantitative estimate of drug-likeness (QED) is 0.702. The summed E-state index contributed by atoms with van der Waals surface area (Å²) in [6, 6.07) is 12.1. The van der Waals surface area contributed by atoms with Crippen LogP contribution in [0.4, 0.5) is 11.9 Å². The van der Waals surface area contributed by atoms with E-state index in [9.17, 15) is 5.26 Å². The Balaban J connectivity index is 1.87. The molecular weight excluding hydrogens is 328 g/mol. The van der Waals surface area contributed by atoms with Gasteiger partial charge in [-0.2, -0.15) is 25.3 Å². The van der Waals surface area contributed by atoms with Gasteiger partial charge in [0.2, 0.25) is 11.9 Å². The number of hydrogen-bond donors (Lipinski definition) is 1. The third-order valence-electron chi connectivity index (χ3n) is 3.55. The SMILES string of the molecule is CN(C)c1nc(N)nc(C(C#N)=Cc2cnn(Cc3ccccc3)c2)n1. The second-order valence-corrected chi connectivity index (χ2v) is 5.84. The summed E-state index contributed by atoms with van der Waals surface area (Å²) >= 11 is 0. The summed E-state index contributed by atoms with van der Waals surface area (Å²) in [7, 11) is 3.59. The number of rotatable bonds is 5. The van der Waals surface area contributed by atoms with Gasteiger partial charge in [0, 0.05) is 25.9 Å². The van der Waals surface area contributed by atoms with E-state index in [1.807, 2.05) is 41.2 Å². The smallest absolute Gasteiger partial charge is 0.230 e. The Labute approximate surface area is 151 Å². The van der Waals surface area contributed by atoms with Gasteiger partial charge < -0.3 is 10.6 Å². The lowest BCUT2D eigenvalue weighted by atomic mass is 10.2. The zero-order valence-electron chi connectivity index (χ0n) is 14.5. The van der Waals surface area contributed by atoms with Gasteiger partial charge in [-0.3, -0.25) is 4.68 Å². The van der Waals surface area contributed by atoms with Gasteiger partial charge >= 0.3 is 0 Å². The lowest BCUT2D eigenvalue weighted by Gasteiger charge is -2.10. The zero-order chi connectivity index (χ0) is 18.5. The lowest BCUT2D eigenvalue weighted by Crippen LogP contribution is -2.15. The van der Waals surface area contributed by atoms with Crippen molar-refractivity contribution in [2.24, 2.45) is 0 Å². The van der Waals surface area contributed by atoms with Crippen LogP contribution in [-0.2, 0) is 6.54 Å². The van der Waals surface area contributed by atoms with Crippen molar-refractivity contribution >= 4 is 23.5 Å². The molecule has 0 unspecified atom stereocenters. The summed E-state index contributed by atoms with van der Waals surface area (Å²) < 4.78 is 1.81. The van der Waals surface area contributed by atoms with E-state index in [-0.39, 0.29) is 11.8 Å². The topological polar surface area (TPSA) is 110 Å². The van der Waals surface area contributed by atoms with Crippen LogP contribution in [0.2, 0.25) is 0 Å². The molecule has 0 aliphatic carbocycles. The van der Waals surface area contributed by atoms with Gasteiger partial charge in [-0.15, -0.1) is 0 Å². The Bertz CT molecular complexity index is 966. The van der Waals surface area contributed by atoms with Gasteiger partial charge in [-0.05, 0) is 11.6 Å². The van der Waals surface area contributed by atoms with Crippen molar-refractivity contribution in [3.8, 4) is 6.07 Å². The minimum Gasteiger partial charge on any atom is -0.368 e. The van der Waals surface area contributed by atoms with Crippen LogP contribution in [0.25, 0.3) is 11.6 Å². The van der Waals surface area contributed by atoms with Crippen LogP contribution in [0.1, 0.15) is 17.0 Å². The summed E-state index contributed by atoms with van der Waals surface area (Å²) in [6.45, 7) is 0.653. The van der Waals surface area contributed by atoms with E-state index in [2.05, 4.69) is 26.1 Å². The first-order chi connectivity index (χ1) is 12.5. The minimum atomic E-state index is 0.0691. The van der Waals surface area contributed by atoms with Crippen LogP contribution >= 0.6 is 0 Å². The molecule has 0 bridgehead atoms. The van der Waals surface area contributed by atoms with Crippen LogP contribution < -0.4 is 10.6 Å². The van der Waals surface area contributed by atoms with Crippen molar-refractivity contribution < 1.29 is 0 Å². The molecule has 0 aliphatic rings. The Hall–Kier alpha value is -3.73. The number of nitrogen functional groups attached to an aromatic ring is 1. The molecular formula is C18H18N8. The van der Waals surface area contributed by atoms with Gasteiger partial charge in [-0.25, -0.2) is 0 Å². The van der Waals surface area contributed by atoms with Crippen LogP contribution in [0, 0.1) is 11.3 Å². The fourth-order valence-electron chi connectivity index (χ4n) is 2.33. The second kappa shape index (κ2) is 7.44. The summed E-state index contributed by atoms with van der Waals surface area (Å²) in [5.74, 6) is 0.701. The molecule has 1 aromatic carbocycles. The van der Waals surface area contributed by atoms with Gasteiger partial charge in [0.1, 0.15) is 6.07 Å². The molecule has 2 N–H and O–H groups in total. The number of allylic oxidation sites excluding steroid dienone is 1. The summed E-state index contributed by atoms with van der Waals surface area (Å²) in [6.07, 6.45) is 5.24. The minimum absolute atomic E-state index is 0.0691. The lowest BCUT2D eigenvalue weighted by molar-refractivity contribution is 0.687. The molecule has 0 saturated heterocycles. The number of hydrogen-bond acceptors (Lipinski definition) is 7. The van der Waals surface area contributed by atoms with Gasteiger partial charge in [0.25, 0.3) is 0 Å². The highest BCUT2D eigenvalue weighted by Crippen LogP contribution is 2.17. The Kier molecular flexibility index (Phi) is 4.90. The molecule has 0 spiro atoms. The molecule has 0 fully saturated rings. The number of aromatic nitrogens is 5. The maximum absolute atomic E-state index is 9.50. The number of nitrogens with two attached hydrogens (primary N) is 1. The highest BCUT2D eigenvalue weighted by atomic mass is 15.3. The van der Waals surface area contributed by atoms with E-state index in [0.717, 1.165) is 11.1 Å². The fraction of sp³-hybridized carbons (Fsp3) is 0.167. The van der Waals surface area contributed by atoms with E-state index in [4.69, 9.17) is 5.73 Å². The summed E-state index contributed by atoms with van der Waals surface area (Å²) in [5, 5.41) is 13.8. The summed E-state index contributed by atoms with van der Waals surface area (Å²) in [4.78, 5) is 14.1. The van der Waals surface area contributed by atoms with E-state index in [0.29, 0.717) is 18.1 Å². The molecule has 0 atom stereocenters. The van der Waals surface area contributed by atoms with Gasteiger partial charge in [0.15, 0.2) is 5.82 Å². The van der Waals surface area contributed by atoms with Crippen molar-refractivity contribution in [3.05, 3.63) is 59.7 Å². The first-order valence-electron chi connectivity index (χ1n) is 7.92. The number of anilines is 2. The third-order valence-corrected chi connectivity index (χ3v) is 3.55. The third kappa shape index (κ3) is 4.02. The van der Waals surface area contributed by atoms with Crippen LogP contribution in [0.15, 0.2) is 42.7 Å². The average Bonchev–Trinajstić information content (AvgIpc) is 3.07. The van der Waals surface area contributed by atoms with Crippen molar-refractivity contribution in [1.29, 1.82) is 5.26 Å². The maximum atomic E-state index is 9.50. The monoisotopic (exact) mass is 346 g/mol. The number of nitriles is 1. The molecule has 2 aromatic heterocycles. The van der Waals surface area contributed by atoms with Crippen LogP contribution in [0.3, 0.4) is 0 Å². The van der Waals surface area contributed by atoms with Crippen molar-refractivity contribution in [3.63, 3.8) is 0 Å². The Morgan fingerprint density at radius 2 is 2.00 bits per heavy atom. The molecule has 8 nitrogen and oxygen atoms in total. The molecule has 0 amide bonds. The second-order valence-electron chi connectivity index (χ2n) is 5.84. The zero-order valence-corrected chi connectivity index (χ0v) is 14.5. The van der Waals surface area contributed by atoms with E-state index >= 15 is 0 Å². The van der Waals surface area contributed by atoms with Gasteiger partial charge in [-0.1, -0.05) is 30.3 Å². The molecule has 130 valence electrons. The molecule has 3 aromatic rings. The first kappa shape index (κ1) is 17.1. The molecule has 26 heavy (non-hydrogen) atoms. The molecule has 0 aliphatic heterocycles. The Morgan fingerprint density at radius 1 is 1.23 bits per heavy atom. The maximum Gasteiger partial charge on any atom is 0.230 e. The first-order valence-corrected chi connectivity index (χ1v) is 7.92. The molecule has 2 heterocycles. The van der Waals surface area contributed by atoms with Gasteiger partial charge in [0.05, 0.1) is 18.3 Å². The van der Waals surface area contributed by atoms with Crippen LogP contribution in [-0.4, -0.2) is 38.8 Å². The number of nitrogens with zero attached hydrogens (tertiary/aromatic N) is 7. The Morgan fingerprint density at radius 3 is 2.69 bits per heavy atom. The summed E-state index contributed by atoms with van der Waals surface area (Å²) in [5.41, 5.74) is 7.95. The van der Waals surface area contributed by atoms with Crippen LogP contribution in [0.5, 0.6) is 0 Å². The fourth-order valence-corrected chi connectivity index (χ4v) is 2.33. The highest BCUT2D eigenvalue weighted by molar-refractivity contribution is 5.87. The van der Waals surface area contributed by atoms with Crippen molar-refractivity contribution in [2.75, 3.05) is 24.7 Å². The average molecular weight is 346 g/mol. The molecule has 0 radical (unpaired) electrons. The van der Waals surface area contributed by atoms with E-state index < -0.39 is 0 Å². The molecule has 0 saturated carbocycles. The van der Waals surface area contributed by atoms with E-state index in [1.54, 1.807) is 31.3 Å². The predicted octanol–water partition coefficient (Wildman–Crippen LogP) is 1.83. The molecule has 3 rings (SSSR count). The number of benzene rings is 1. The standard InChI is InChI=1S/C18H18N8/c1-25(2)18-23-16(22-17(20)24-18)15(9-19)8-14-10-21-26(12-14)11-13-6-4-3-5-7-13/h3-8,10,12H,11H2,1-2H3,(H2,20,22,23,24). The molecule has 8 heteroatoms. The predicted molar refractivity (Wildman–Crippen MR) is 99.8 cm³/mol. The van der Waals surface area contributed by atoms with Crippen molar-refractivity contribution in [1.82, 2.24) is 24.7 Å². The highest BCUT2D eigenvalue weighted by Gasteiger charge is 2.11.